The van der Waals surface area contributed by atoms with Crippen molar-refractivity contribution in [1.29, 1.82) is 5.26 Å². The van der Waals surface area contributed by atoms with E-state index in [1.807, 2.05) is 26.0 Å². The molecule has 0 unspecified atom stereocenters. The molecule has 0 heterocycles. The van der Waals surface area contributed by atoms with Crippen LogP contribution < -0.4 is 0 Å². The Balaban J connectivity index is 2.49. The summed E-state index contributed by atoms with van der Waals surface area (Å²) in [4.78, 5) is 2.25. The highest BCUT2D eigenvalue weighted by Gasteiger charge is 2.17. The van der Waals surface area contributed by atoms with Crippen molar-refractivity contribution < 1.29 is 0 Å². The van der Waals surface area contributed by atoms with Crippen LogP contribution in [0.5, 0.6) is 0 Å². The summed E-state index contributed by atoms with van der Waals surface area (Å²) in [5, 5.41) is 8.96. The summed E-state index contributed by atoms with van der Waals surface area (Å²) in [6, 6.07) is 10.6. The third-order valence-electron chi connectivity index (χ3n) is 2.82. The Hall–Kier alpha value is -0.850. The van der Waals surface area contributed by atoms with Crippen molar-refractivity contribution in [3.8, 4) is 6.07 Å². The van der Waals surface area contributed by atoms with Gasteiger partial charge in [0.2, 0.25) is 0 Å². The first-order valence-corrected chi connectivity index (χ1v) is 6.57. The summed E-state index contributed by atoms with van der Waals surface area (Å²) in [6.07, 6.45) is 0.893. The summed E-state index contributed by atoms with van der Waals surface area (Å²) in [7, 11) is 2.09. The van der Waals surface area contributed by atoms with Gasteiger partial charge in [-0.05, 0) is 45.5 Å². The maximum absolute atomic E-state index is 8.96. The molecule has 0 bridgehead atoms. The number of hydrogen-bond acceptors (Lipinski definition) is 2. The molecule has 0 amide bonds. The molecule has 92 valence electrons. The van der Waals surface area contributed by atoms with Crippen molar-refractivity contribution in [2.24, 2.45) is 5.41 Å². The highest BCUT2D eigenvalue weighted by molar-refractivity contribution is 9.10. The molecule has 0 aliphatic heterocycles. The lowest BCUT2D eigenvalue weighted by molar-refractivity contribution is 0.280. The van der Waals surface area contributed by atoms with E-state index in [2.05, 4.69) is 46.1 Å². The minimum absolute atomic E-state index is 0.234. The number of halogens is 1. The zero-order valence-corrected chi connectivity index (χ0v) is 12.3. The fourth-order valence-corrected chi connectivity index (χ4v) is 1.93. The molecule has 0 aromatic heterocycles. The van der Waals surface area contributed by atoms with Gasteiger partial charge in [0.05, 0.1) is 11.5 Å². The Bertz CT molecular complexity index is 407. The maximum atomic E-state index is 8.96. The van der Waals surface area contributed by atoms with Crippen LogP contribution in [0.3, 0.4) is 0 Å². The Kier molecular flexibility index (Phi) is 5.17. The number of rotatable bonds is 5. The van der Waals surface area contributed by atoms with Crippen molar-refractivity contribution >= 4 is 15.9 Å². The van der Waals surface area contributed by atoms with Gasteiger partial charge >= 0.3 is 0 Å². The molecular weight excluding hydrogens is 276 g/mol. The SMILES string of the molecule is CN(CCC(C)(C)C#N)Cc1ccccc1Br. The van der Waals surface area contributed by atoms with Gasteiger partial charge in [-0.25, -0.2) is 0 Å². The topological polar surface area (TPSA) is 27.0 Å². The lowest BCUT2D eigenvalue weighted by Crippen LogP contribution is -2.24. The van der Waals surface area contributed by atoms with Gasteiger partial charge in [-0.3, -0.25) is 0 Å². The average Bonchev–Trinajstić information content (AvgIpc) is 2.30. The first-order chi connectivity index (χ1) is 7.94. The van der Waals surface area contributed by atoms with Crippen molar-refractivity contribution in [2.45, 2.75) is 26.8 Å². The van der Waals surface area contributed by atoms with Crippen molar-refractivity contribution in [1.82, 2.24) is 4.90 Å². The predicted octanol–water partition coefficient (Wildman–Crippen LogP) is 3.82. The number of nitrogens with zero attached hydrogens (tertiary/aromatic N) is 2. The van der Waals surface area contributed by atoms with E-state index in [0.717, 1.165) is 24.0 Å². The molecule has 0 spiro atoms. The lowest BCUT2D eigenvalue weighted by atomic mass is 9.91. The van der Waals surface area contributed by atoms with Gasteiger partial charge in [0, 0.05) is 11.0 Å². The first-order valence-electron chi connectivity index (χ1n) is 5.78. The smallest absolute Gasteiger partial charge is 0.0684 e. The van der Waals surface area contributed by atoms with Crippen molar-refractivity contribution in [3.63, 3.8) is 0 Å². The van der Waals surface area contributed by atoms with Gasteiger partial charge in [0.25, 0.3) is 0 Å². The molecule has 0 aliphatic carbocycles. The predicted molar refractivity (Wildman–Crippen MR) is 74.5 cm³/mol. The number of benzene rings is 1. The molecule has 1 rings (SSSR count). The standard InChI is InChI=1S/C14H19BrN2/c1-14(2,11-16)8-9-17(3)10-12-6-4-5-7-13(12)15/h4-7H,8-10H2,1-3H3. The quantitative estimate of drug-likeness (QED) is 0.825. The second-order valence-electron chi connectivity index (χ2n) is 5.07. The third kappa shape index (κ3) is 4.89. The molecular formula is C14H19BrN2. The van der Waals surface area contributed by atoms with Gasteiger partial charge in [0.1, 0.15) is 0 Å². The van der Waals surface area contributed by atoms with E-state index in [0.29, 0.717) is 0 Å². The number of nitriles is 1. The normalized spacial score (nSPS) is 11.5. The largest absolute Gasteiger partial charge is 0.302 e. The van der Waals surface area contributed by atoms with Gasteiger partial charge in [0.15, 0.2) is 0 Å². The van der Waals surface area contributed by atoms with Crippen LogP contribution in [0.2, 0.25) is 0 Å². The summed E-state index contributed by atoms with van der Waals surface area (Å²) in [5.74, 6) is 0. The Morgan fingerprint density at radius 1 is 1.35 bits per heavy atom. The lowest BCUT2D eigenvalue weighted by Gasteiger charge is -2.22. The van der Waals surface area contributed by atoms with Gasteiger partial charge in [-0.2, -0.15) is 5.26 Å². The molecule has 0 saturated heterocycles. The Labute approximate surface area is 112 Å². The fraction of sp³-hybridized carbons (Fsp3) is 0.500. The van der Waals surface area contributed by atoms with Crippen LogP contribution >= 0.6 is 15.9 Å². The maximum Gasteiger partial charge on any atom is 0.0684 e. The van der Waals surface area contributed by atoms with E-state index in [1.165, 1.54) is 5.56 Å². The minimum atomic E-state index is -0.234. The third-order valence-corrected chi connectivity index (χ3v) is 3.59. The second kappa shape index (κ2) is 6.18. The molecule has 0 fully saturated rings. The van der Waals surface area contributed by atoms with Gasteiger partial charge < -0.3 is 4.90 Å². The van der Waals surface area contributed by atoms with E-state index in [-0.39, 0.29) is 5.41 Å². The van der Waals surface area contributed by atoms with E-state index >= 15 is 0 Å². The fourth-order valence-electron chi connectivity index (χ4n) is 1.52. The van der Waals surface area contributed by atoms with Crippen LogP contribution in [0.15, 0.2) is 28.7 Å². The Morgan fingerprint density at radius 2 is 2.00 bits per heavy atom. The van der Waals surface area contributed by atoms with Crippen molar-refractivity contribution in [2.75, 3.05) is 13.6 Å². The van der Waals surface area contributed by atoms with Crippen LogP contribution in [0.4, 0.5) is 0 Å². The second-order valence-corrected chi connectivity index (χ2v) is 5.93. The molecule has 17 heavy (non-hydrogen) atoms. The monoisotopic (exact) mass is 294 g/mol. The minimum Gasteiger partial charge on any atom is -0.302 e. The van der Waals surface area contributed by atoms with Crippen LogP contribution in [-0.2, 0) is 6.54 Å². The van der Waals surface area contributed by atoms with E-state index in [4.69, 9.17) is 5.26 Å². The molecule has 0 saturated carbocycles. The Morgan fingerprint density at radius 3 is 2.59 bits per heavy atom. The number of hydrogen-bond donors (Lipinski definition) is 0. The van der Waals surface area contributed by atoms with Crippen LogP contribution in [0.25, 0.3) is 0 Å². The molecule has 0 radical (unpaired) electrons. The van der Waals surface area contributed by atoms with E-state index in [1.54, 1.807) is 0 Å². The molecule has 2 nitrogen and oxygen atoms in total. The molecule has 1 aromatic carbocycles. The summed E-state index contributed by atoms with van der Waals surface area (Å²) in [5.41, 5.74) is 1.05. The van der Waals surface area contributed by atoms with Crippen LogP contribution in [0.1, 0.15) is 25.8 Å². The van der Waals surface area contributed by atoms with Crippen LogP contribution in [-0.4, -0.2) is 18.5 Å². The average molecular weight is 295 g/mol. The highest BCUT2D eigenvalue weighted by atomic mass is 79.9. The molecule has 3 heteroatoms. The van der Waals surface area contributed by atoms with Crippen molar-refractivity contribution in [3.05, 3.63) is 34.3 Å². The van der Waals surface area contributed by atoms with E-state index < -0.39 is 0 Å². The molecule has 0 aliphatic rings. The zero-order valence-electron chi connectivity index (χ0n) is 10.7. The summed E-state index contributed by atoms with van der Waals surface area (Å²) in [6.45, 7) is 5.81. The van der Waals surface area contributed by atoms with Crippen LogP contribution in [0, 0.1) is 16.7 Å². The summed E-state index contributed by atoms with van der Waals surface area (Å²) >= 11 is 3.55. The van der Waals surface area contributed by atoms with Gasteiger partial charge in [-0.1, -0.05) is 34.1 Å². The molecule has 0 atom stereocenters. The highest BCUT2D eigenvalue weighted by Crippen LogP contribution is 2.21. The first kappa shape index (κ1) is 14.2. The zero-order chi connectivity index (χ0) is 12.9. The van der Waals surface area contributed by atoms with Gasteiger partial charge in [-0.15, -0.1) is 0 Å². The molecule has 0 N–H and O–H groups in total. The van der Waals surface area contributed by atoms with E-state index in [9.17, 15) is 0 Å². The summed E-state index contributed by atoms with van der Waals surface area (Å²) < 4.78 is 1.14. The molecule has 1 aromatic rings.